The first-order valence-electron chi connectivity index (χ1n) is 7.22. The van der Waals surface area contributed by atoms with Crippen LogP contribution >= 0.6 is 12.4 Å². The second-order valence-electron chi connectivity index (χ2n) is 6.01. The molecule has 2 atom stereocenters. The summed E-state index contributed by atoms with van der Waals surface area (Å²) in [6.45, 7) is 4.27. The summed E-state index contributed by atoms with van der Waals surface area (Å²) >= 11 is 0. The van der Waals surface area contributed by atoms with Gasteiger partial charge in [0.2, 0.25) is 0 Å². The van der Waals surface area contributed by atoms with Crippen molar-refractivity contribution in [2.75, 3.05) is 26.2 Å². The van der Waals surface area contributed by atoms with Crippen LogP contribution in [-0.4, -0.2) is 31.1 Å². The minimum Gasteiger partial charge on any atom is -0.316 e. The molecular weight excluding hydrogens is 320 g/mol. The fourth-order valence-electron chi connectivity index (χ4n) is 3.40. The Morgan fingerprint density at radius 3 is 2.64 bits per heavy atom. The van der Waals surface area contributed by atoms with Crippen molar-refractivity contribution in [1.82, 2.24) is 10.2 Å². The largest absolute Gasteiger partial charge is 0.419 e. The molecule has 0 spiro atoms. The van der Waals surface area contributed by atoms with E-state index in [1.165, 1.54) is 6.07 Å². The number of rotatable bonds is 2. The smallest absolute Gasteiger partial charge is 0.316 e. The number of halogens is 5. The van der Waals surface area contributed by atoms with Crippen LogP contribution in [0, 0.1) is 17.7 Å². The number of likely N-dealkylation sites (tertiary alicyclic amines) is 1. The Bertz CT molecular complexity index is 521. The number of piperidine rings is 1. The molecule has 2 fully saturated rings. The summed E-state index contributed by atoms with van der Waals surface area (Å²) in [4.78, 5) is 2.17. The molecule has 22 heavy (non-hydrogen) atoms. The van der Waals surface area contributed by atoms with Gasteiger partial charge in [-0.25, -0.2) is 4.39 Å². The van der Waals surface area contributed by atoms with Crippen molar-refractivity contribution in [3.05, 3.63) is 35.1 Å². The van der Waals surface area contributed by atoms with Gasteiger partial charge in [0.05, 0.1) is 5.56 Å². The number of nitrogens with one attached hydrogen (secondary N) is 1. The molecule has 0 amide bonds. The molecule has 0 radical (unpaired) electrons. The van der Waals surface area contributed by atoms with Crippen molar-refractivity contribution in [1.29, 1.82) is 0 Å². The Morgan fingerprint density at radius 1 is 1.18 bits per heavy atom. The highest BCUT2D eigenvalue weighted by Crippen LogP contribution is 2.33. The number of benzene rings is 1. The van der Waals surface area contributed by atoms with Crippen LogP contribution in [0.1, 0.15) is 17.5 Å². The first-order valence-corrected chi connectivity index (χ1v) is 7.22. The molecule has 1 aromatic carbocycles. The van der Waals surface area contributed by atoms with Gasteiger partial charge < -0.3 is 5.32 Å². The minimum absolute atomic E-state index is 0. The van der Waals surface area contributed by atoms with Crippen molar-refractivity contribution in [2.24, 2.45) is 11.8 Å². The highest BCUT2D eigenvalue weighted by molar-refractivity contribution is 5.85. The molecule has 2 heterocycles. The van der Waals surface area contributed by atoms with Gasteiger partial charge in [-0.1, -0.05) is 6.07 Å². The van der Waals surface area contributed by atoms with E-state index in [2.05, 4.69) is 10.2 Å². The molecule has 2 aliphatic rings. The summed E-state index contributed by atoms with van der Waals surface area (Å²) in [6.07, 6.45) is -3.56. The minimum atomic E-state index is -4.64. The maximum absolute atomic E-state index is 13.3. The van der Waals surface area contributed by atoms with Gasteiger partial charge in [0.25, 0.3) is 0 Å². The fraction of sp³-hybridized carbons (Fsp3) is 0.600. The van der Waals surface area contributed by atoms with Crippen LogP contribution in [0.15, 0.2) is 18.2 Å². The van der Waals surface area contributed by atoms with Gasteiger partial charge in [0.15, 0.2) is 0 Å². The van der Waals surface area contributed by atoms with Crippen LogP contribution in [0.4, 0.5) is 17.6 Å². The zero-order valence-electron chi connectivity index (χ0n) is 12.0. The van der Waals surface area contributed by atoms with Crippen LogP contribution in [0.5, 0.6) is 0 Å². The SMILES string of the molecule is Cl.Fc1ccc(CN2CCC3CNCC3C2)cc1C(F)(F)F. The zero-order chi connectivity index (χ0) is 15.0. The van der Waals surface area contributed by atoms with Gasteiger partial charge in [0.1, 0.15) is 5.82 Å². The molecule has 2 unspecified atom stereocenters. The predicted octanol–water partition coefficient (Wildman–Crippen LogP) is 3.31. The van der Waals surface area contributed by atoms with Gasteiger partial charge in [-0.15, -0.1) is 12.4 Å². The molecule has 2 aliphatic heterocycles. The van der Waals surface area contributed by atoms with Crippen molar-refractivity contribution in [2.45, 2.75) is 19.1 Å². The first kappa shape index (κ1) is 17.5. The highest BCUT2D eigenvalue weighted by atomic mass is 35.5. The number of fused-ring (bicyclic) bond motifs is 1. The lowest BCUT2D eigenvalue weighted by Gasteiger charge is -2.34. The fourth-order valence-corrected chi connectivity index (χ4v) is 3.40. The summed E-state index contributed by atoms with van der Waals surface area (Å²) in [5.41, 5.74) is -0.648. The lowest BCUT2D eigenvalue weighted by molar-refractivity contribution is -0.140. The van der Waals surface area contributed by atoms with E-state index in [-0.39, 0.29) is 12.4 Å². The number of hydrogen-bond donors (Lipinski definition) is 1. The molecule has 0 aliphatic carbocycles. The highest BCUT2D eigenvalue weighted by Gasteiger charge is 2.35. The molecular formula is C15H19ClF4N2. The van der Waals surface area contributed by atoms with E-state index in [1.807, 2.05) is 0 Å². The third-order valence-corrected chi connectivity index (χ3v) is 4.53. The quantitative estimate of drug-likeness (QED) is 0.832. The van der Waals surface area contributed by atoms with Crippen LogP contribution in [0.3, 0.4) is 0 Å². The zero-order valence-corrected chi connectivity index (χ0v) is 12.8. The summed E-state index contributed by atoms with van der Waals surface area (Å²) in [6, 6.07) is 3.31. The van der Waals surface area contributed by atoms with Gasteiger partial charge in [-0.2, -0.15) is 13.2 Å². The lowest BCUT2D eigenvalue weighted by Crippen LogP contribution is -2.39. The van der Waals surface area contributed by atoms with E-state index in [0.717, 1.165) is 44.7 Å². The molecule has 124 valence electrons. The van der Waals surface area contributed by atoms with Crippen LogP contribution in [-0.2, 0) is 12.7 Å². The molecule has 0 aromatic heterocycles. The van der Waals surface area contributed by atoms with Crippen molar-refractivity contribution >= 4 is 12.4 Å². The molecule has 2 saturated heterocycles. The molecule has 0 saturated carbocycles. The maximum atomic E-state index is 13.3. The summed E-state index contributed by atoms with van der Waals surface area (Å²) in [5, 5.41) is 3.36. The van der Waals surface area contributed by atoms with Crippen LogP contribution in [0.25, 0.3) is 0 Å². The monoisotopic (exact) mass is 338 g/mol. The lowest BCUT2D eigenvalue weighted by atomic mass is 9.88. The second-order valence-corrected chi connectivity index (χ2v) is 6.01. The number of nitrogens with zero attached hydrogens (tertiary/aromatic N) is 1. The van der Waals surface area contributed by atoms with Crippen LogP contribution < -0.4 is 5.32 Å². The van der Waals surface area contributed by atoms with Gasteiger partial charge in [-0.3, -0.25) is 4.90 Å². The molecule has 1 aromatic rings. The third-order valence-electron chi connectivity index (χ3n) is 4.53. The number of hydrogen-bond acceptors (Lipinski definition) is 2. The molecule has 2 nitrogen and oxygen atoms in total. The molecule has 3 rings (SSSR count). The van der Waals surface area contributed by atoms with E-state index in [4.69, 9.17) is 0 Å². The third kappa shape index (κ3) is 3.73. The van der Waals surface area contributed by atoms with Crippen LogP contribution in [0.2, 0.25) is 0 Å². The Kier molecular flexibility index (Phi) is 5.35. The predicted molar refractivity (Wildman–Crippen MR) is 78.4 cm³/mol. The first-order chi connectivity index (χ1) is 9.93. The van der Waals surface area contributed by atoms with E-state index < -0.39 is 17.6 Å². The van der Waals surface area contributed by atoms with E-state index in [1.54, 1.807) is 0 Å². The maximum Gasteiger partial charge on any atom is 0.419 e. The second kappa shape index (κ2) is 6.72. The molecule has 1 N–H and O–H groups in total. The topological polar surface area (TPSA) is 15.3 Å². The van der Waals surface area contributed by atoms with E-state index >= 15 is 0 Å². The Balaban J connectivity index is 0.00000176. The average molecular weight is 339 g/mol. The Morgan fingerprint density at radius 2 is 1.91 bits per heavy atom. The summed E-state index contributed by atoms with van der Waals surface area (Å²) in [7, 11) is 0. The van der Waals surface area contributed by atoms with Crippen molar-refractivity contribution < 1.29 is 17.6 Å². The van der Waals surface area contributed by atoms with E-state index in [9.17, 15) is 17.6 Å². The van der Waals surface area contributed by atoms with Gasteiger partial charge >= 0.3 is 6.18 Å². The molecule has 0 bridgehead atoms. The summed E-state index contributed by atoms with van der Waals surface area (Å²) < 4.78 is 51.4. The van der Waals surface area contributed by atoms with Crippen molar-refractivity contribution in [3.8, 4) is 0 Å². The average Bonchev–Trinajstić information content (AvgIpc) is 2.87. The van der Waals surface area contributed by atoms with Crippen molar-refractivity contribution in [3.63, 3.8) is 0 Å². The van der Waals surface area contributed by atoms with E-state index in [0.29, 0.717) is 23.9 Å². The number of alkyl halides is 3. The van der Waals surface area contributed by atoms with Gasteiger partial charge in [-0.05, 0) is 55.6 Å². The van der Waals surface area contributed by atoms with Gasteiger partial charge in [0, 0.05) is 13.1 Å². The molecule has 7 heteroatoms. The standard InChI is InChI=1S/C15H18F4N2.ClH/c16-14-2-1-10(5-13(14)15(17,18)19)8-21-4-3-11-6-20-7-12(11)9-21;/h1-2,5,11-12,20H,3-4,6-9H2;1H. The Labute approximate surface area is 133 Å². The normalized spacial score (nSPS) is 25.6. The summed E-state index contributed by atoms with van der Waals surface area (Å²) in [5.74, 6) is 0.0754. The Hall–Kier alpha value is -0.850.